The Morgan fingerprint density at radius 2 is 2.40 bits per heavy atom. The molecular weight excluding hydrogens is 262 g/mol. The van der Waals surface area contributed by atoms with E-state index in [1.54, 1.807) is 4.90 Å². The Hall–Kier alpha value is -1.96. The predicted octanol–water partition coefficient (Wildman–Crippen LogP) is 1.17. The maximum absolute atomic E-state index is 11.3. The molecule has 2 N–H and O–H groups in total. The number of aliphatic hydroxyl groups is 1. The number of rotatable bonds is 5. The van der Waals surface area contributed by atoms with E-state index < -0.39 is 11.0 Å². The van der Waals surface area contributed by atoms with E-state index in [9.17, 15) is 15.2 Å². The number of aromatic nitrogens is 2. The van der Waals surface area contributed by atoms with Gasteiger partial charge in [-0.2, -0.15) is 0 Å². The van der Waals surface area contributed by atoms with Gasteiger partial charge in [0.25, 0.3) is 0 Å². The maximum Gasteiger partial charge on any atom is 0.353 e. The lowest BCUT2D eigenvalue weighted by Gasteiger charge is -2.30. The molecule has 1 aliphatic rings. The minimum absolute atomic E-state index is 0.116. The molecule has 0 bridgehead atoms. The van der Waals surface area contributed by atoms with Crippen LogP contribution in [0.1, 0.15) is 26.2 Å². The molecule has 1 aromatic rings. The zero-order valence-corrected chi connectivity index (χ0v) is 11.4. The minimum atomic E-state index is -0.467. The Morgan fingerprint density at radius 3 is 3.05 bits per heavy atom. The van der Waals surface area contributed by atoms with Crippen LogP contribution in [0.5, 0.6) is 0 Å². The van der Waals surface area contributed by atoms with Crippen molar-refractivity contribution in [3.8, 4) is 0 Å². The summed E-state index contributed by atoms with van der Waals surface area (Å²) in [6.07, 6.45) is 3.21. The number of nitro groups is 1. The second-order valence-electron chi connectivity index (χ2n) is 4.82. The van der Waals surface area contributed by atoms with E-state index in [0.29, 0.717) is 19.6 Å². The van der Waals surface area contributed by atoms with Crippen molar-refractivity contribution < 1.29 is 10.0 Å². The number of hydrogen-bond acceptors (Lipinski definition) is 7. The van der Waals surface area contributed by atoms with E-state index >= 15 is 0 Å². The zero-order valence-electron chi connectivity index (χ0n) is 11.4. The molecule has 0 aromatic carbocycles. The van der Waals surface area contributed by atoms with Crippen molar-refractivity contribution in [1.29, 1.82) is 0 Å². The first-order chi connectivity index (χ1) is 9.63. The van der Waals surface area contributed by atoms with E-state index in [1.807, 2.05) is 6.92 Å². The van der Waals surface area contributed by atoms with Gasteiger partial charge in [0.2, 0.25) is 11.6 Å². The highest BCUT2D eigenvalue weighted by Gasteiger charge is 2.29. The average Bonchev–Trinajstić information content (AvgIpc) is 2.44. The van der Waals surface area contributed by atoms with Crippen molar-refractivity contribution in [2.45, 2.75) is 32.3 Å². The van der Waals surface area contributed by atoms with Gasteiger partial charge < -0.3 is 15.3 Å². The summed E-state index contributed by atoms with van der Waals surface area (Å²) in [6, 6.07) is 0. The molecular formula is C12H19N5O3. The number of piperidine rings is 1. The molecule has 1 unspecified atom stereocenters. The number of hydrogen-bond donors (Lipinski definition) is 2. The third-order valence-electron chi connectivity index (χ3n) is 3.22. The van der Waals surface area contributed by atoms with Crippen LogP contribution in [0.2, 0.25) is 0 Å². The van der Waals surface area contributed by atoms with Gasteiger partial charge >= 0.3 is 5.69 Å². The second kappa shape index (κ2) is 6.47. The summed E-state index contributed by atoms with van der Waals surface area (Å²) in [6.45, 7) is 3.61. The lowest BCUT2D eigenvalue weighted by molar-refractivity contribution is -0.383. The predicted molar refractivity (Wildman–Crippen MR) is 74.9 cm³/mol. The quantitative estimate of drug-likeness (QED) is 0.616. The molecule has 0 spiro atoms. The normalized spacial score (nSPS) is 18.9. The van der Waals surface area contributed by atoms with E-state index in [0.717, 1.165) is 19.3 Å². The maximum atomic E-state index is 11.3. The molecule has 8 heteroatoms. The monoisotopic (exact) mass is 281 g/mol. The van der Waals surface area contributed by atoms with Crippen molar-refractivity contribution in [2.24, 2.45) is 0 Å². The van der Waals surface area contributed by atoms with Gasteiger partial charge in [0.1, 0.15) is 6.33 Å². The highest BCUT2D eigenvalue weighted by molar-refractivity contribution is 5.70. The molecule has 2 heterocycles. The molecule has 0 aliphatic carbocycles. The molecule has 0 saturated carbocycles. The molecule has 20 heavy (non-hydrogen) atoms. The number of nitrogens with zero attached hydrogens (tertiary/aromatic N) is 4. The van der Waals surface area contributed by atoms with Crippen LogP contribution in [0.3, 0.4) is 0 Å². The molecule has 1 saturated heterocycles. The summed E-state index contributed by atoms with van der Waals surface area (Å²) in [5.74, 6) is 0.518. The molecule has 1 atom stereocenters. The van der Waals surface area contributed by atoms with Crippen LogP contribution in [0.15, 0.2) is 6.33 Å². The summed E-state index contributed by atoms with van der Waals surface area (Å²) in [4.78, 5) is 20.6. The Labute approximate surface area is 117 Å². The van der Waals surface area contributed by atoms with Gasteiger partial charge in [-0.15, -0.1) is 0 Å². The molecule has 110 valence electrons. The Kier molecular flexibility index (Phi) is 4.67. The van der Waals surface area contributed by atoms with Crippen molar-refractivity contribution in [1.82, 2.24) is 9.97 Å². The highest BCUT2D eigenvalue weighted by Crippen LogP contribution is 2.33. The summed E-state index contributed by atoms with van der Waals surface area (Å²) in [5, 5.41) is 24.0. The van der Waals surface area contributed by atoms with Crippen LogP contribution in [-0.4, -0.2) is 45.7 Å². The fourth-order valence-corrected chi connectivity index (χ4v) is 2.29. The van der Waals surface area contributed by atoms with Gasteiger partial charge in [0, 0.05) is 19.6 Å². The Morgan fingerprint density at radius 1 is 1.60 bits per heavy atom. The Balaban J connectivity index is 2.33. The average molecular weight is 281 g/mol. The summed E-state index contributed by atoms with van der Waals surface area (Å²) in [7, 11) is 0. The van der Waals surface area contributed by atoms with Crippen LogP contribution in [-0.2, 0) is 0 Å². The first kappa shape index (κ1) is 14.4. The molecule has 0 radical (unpaired) electrons. The SMILES string of the molecule is CCCNc1ncnc(N2CCCC(O)C2)c1[N+](=O)[O-]. The van der Waals surface area contributed by atoms with Crippen molar-refractivity contribution >= 4 is 17.3 Å². The molecule has 8 nitrogen and oxygen atoms in total. The number of nitrogens with one attached hydrogen (secondary N) is 1. The summed E-state index contributed by atoms with van der Waals surface area (Å²) < 4.78 is 0. The first-order valence-electron chi connectivity index (χ1n) is 6.79. The summed E-state index contributed by atoms with van der Waals surface area (Å²) >= 11 is 0. The van der Waals surface area contributed by atoms with Crippen LogP contribution < -0.4 is 10.2 Å². The Bertz CT molecular complexity index is 482. The van der Waals surface area contributed by atoms with E-state index in [1.165, 1.54) is 6.33 Å². The van der Waals surface area contributed by atoms with Crippen LogP contribution in [0, 0.1) is 10.1 Å². The van der Waals surface area contributed by atoms with E-state index in [2.05, 4.69) is 15.3 Å². The van der Waals surface area contributed by atoms with Gasteiger partial charge in [-0.1, -0.05) is 6.92 Å². The largest absolute Gasteiger partial charge is 0.391 e. The molecule has 1 fully saturated rings. The lowest BCUT2D eigenvalue weighted by Crippen LogP contribution is -2.39. The molecule has 2 rings (SSSR count). The third kappa shape index (κ3) is 3.13. The van der Waals surface area contributed by atoms with Crippen LogP contribution >= 0.6 is 0 Å². The summed E-state index contributed by atoms with van der Waals surface area (Å²) in [5.41, 5.74) is -0.116. The second-order valence-corrected chi connectivity index (χ2v) is 4.82. The fraction of sp³-hybridized carbons (Fsp3) is 0.667. The van der Waals surface area contributed by atoms with E-state index in [4.69, 9.17) is 0 Å². The number of β-amino-alcohol motifs (C(OH)–C–C–N with tert-alkyl or cyclic N) is 1. The fourth-order valence-electron chi connectivity index (χ4n) is 2.29. The highest BCUT2D eigenvalue weighted by atomic mass is 16.6. The molecule has 1 aliphatic heterocycles. The molecule has 1 aromatic heterocycles. The topological polar surface area (TPSA) is 104 Å². The van der Waals surface area contributed by atoms with Gasteiger partial charge in [-0.05, 0) is 19.3 Å². The van der Waals surface area contributed by atoms with Crippen molar-refractivity contribution in [2.75, 3.05) is 29.9 Å². The first-order valence-corrected chi connectivity index (χ1v) is 6.79. The van der Waals surface area contributed by atoms with E-state index in [-0.39, 0.29) is 17.3 Å². The third-order valence-corrected chi connectivity index (χ3v) is 3.22. The number of anilines is 2. The van der Waals surface area contributed by atoms with Gasteiger partial charge in [-0.25, -0.2) is 9.97 Å². The molecule has 0 amide bonds. The number of aliphatic hydroxyl groups excluding tert-OH is 1. The van der Waals surface area contributed by atoms with Crippen LogP contribution in [0.4, 0.5) is 17.3 Å². The lowest BCUT2D eigenvalue weighted by atomic mass is 10.1. The van der Waals surface area contributed by atoms with Gasteiger partial charge in [0.05, 0.1) is 11.0 Å². The standard InChI is InChI=1S/C12H19N5O3/c1-2-5-13-11-10(17(19)20)12(15-8-14-11)16-6-3-4-9(18)7-16/h8-9,18H,2-7H2,1H3,(H,13,14,15). The van der Waals surface area contributed by atoms with Gasteiger partial charge in [-0.3, -0.25) is 10.1 Å². The van der Waals surface area contributed by atoms with Crippen molar-refractivity contribution in [3.05, 3.63) is 16.4 Å². The minimum Gasteiger partial charge on any atom is -0.391 e. The smallest absolute Gasteiger partial charge is 0.353 e. The van der Waals surface area contributed by atoms with Crippen molar-refractivity contribution in [3.63, 3.8) is 0 Å². The van der Waals surface area contributed by atoms with Gasteiger partial charge in [0.15, 0.2) is 0 Å². The van der Waals surface area contributed by atoms with Crippen LogP contribution in [0.25, 0.3) is 0 Å². The zero-order chi connectivity index (χ0) is 14.5.